The number of methoxy groups -OCH3 is 1. The van der Waals surface area contributed by atoms with Crippen LogP contribution in [0.2, 0.25) is 0 Å². The number of hydrogen-bond donors (Lipinski definition) is 1. The highest BCUT2D eigenvalue weighted by molar-refractivity contribution is 5.55. The van der Waals surface area contributed by atoms with E-state index in [1.165, 1.54) is 11.3 Å². The zero-order valence-corrected chi connectivity index (χ0v) is 11.5. The Bertz CT molecular complexity index is 526. The molecule has 2 aromatic rings. The van der Waals surface area contributed by atoms with Crippen LogP contribution in [0.25, 0.3) is 0 Å². The molecule has 0 radical (unpaired) electrons. The van der Waals surface area contributed by atoms with Crippen LogP contribution in [0.15, 0.2) is 48.5 Å². The van der Waals surface area contributed by atoms with Gasteiger partial charge in [0.15, 0.2) is 0 Å². The Labute approximate surface area is 114 Å². The third kappa shape index (κ3) is 3.19. The van der Waals surface area contributed by atoms with Crippen molar-refractivity contribution in [2.45, 2.75) is 13.5 Å². The summed E-state index contributed by atoms with van der Waals surface area (Å²) >= 11 is 0. The van der Waals surface area contributed by atoms with Gasteiger partial charge in [-0.2, -0.15) is 0 Å². The predicted molar refractivity (Wildman–Crippen MR) is 80.6 cm³/mol. The molecule has 0 aliphatic carbocycles. The van der Waals surface area contributed by atoms with Crippen molar-refractivity contribution in [3.8, 4) is 5.75 Å². The number of nitrogen functional groups attached to an aromatic ring is 1. The molecule has 0 aliphatic rings. The molecule has 0 amide bonds. The van der Waals surface area contributed by atoms with Gasteiger partial charge in [0.05, 0.1) is 12.8 Å². The third-order valence-corrected chi connectivity index (χ3v) is 3.17. The minimum absolute atomic E-state index is 0.684. The first-order chi connectivity index (χ1) is 9.24. The van der Waals surface area contributed by atoms with Gasteiger partial charge in [-0.3, -0.25) is 0 Å². The first-order valence-corrected chi connectivity index (χ1v) is 6.47. The van der Waals surface area contributed by atoms with Gasteiger partial charge in [0, 0.05) is 18.8 Å². The van der Waals surface area contributed by atoms with Crippen LogP contribution in [-0.4, -0.2) is 13.7 Å². The summed E-state index contributed by atoms with van der Waals surface area (Å²) in [6.45, 7) is 3.95. The maximum Gasteiger partial charge on any atom is 0.141 e. The summed E-state index contributed by atoms with van der Waals surface area (Å²) < 4.78 is 5.18. The normalized spacial score (nSPS) is 10.2. The Morgan fingerprint density at radius 2 is 1.84 bits per heavy atom. The van der Waals surface area contributed by atoms with E-state index in [0.717, 1.165) is 18.8 Å². The van der Waals surface area contributed by atoms with E-state index in [1.807, 2.05) is 18.2 Å². The Hall–Kier alpha value is -2.16. The van der Waals surface area contributed by atoms with Crippen LogP contribution < -0.4 is 15.4 Å². The standard InChI is InChI=1S/C16H20N2O/c1-3-18(14-7-5-4-6-8-14)12-13-9-10-16(19-2)15(17)11-13/h4-11H,3,12,17H2,1-2H3. The van der Waals surface area contributed by atoms with Gasteiger partial charge in [0.25, 0.3) is 0 Å². The van der Waals surface area contributed by atoms with Gasteiger partial charge in [-0.15, -0.1) is 0 Å². The topological polar surface area (TPSA) is 38.5 Å². The van der Waals surface area contributed by atoms with Crippen molar-refractivity contribution in [3.05, 3.63) is 54.1 Å². The van der Waals surface area contributed by atoms with Crippen LogP contribution >= 0.6 is 0 Å². The van der Waals surface area contributed by atoms with Crippen LogP contribution in [0, 0.1) is 0 Å². The van der Waals surface area contributed by atoms with Crippen LogP contribution in [0.3, 0.4) is 0 Å². The quantitative estimate of drug-likeness (QED) is 0.834. The van der Waals surface area contributed by atoms with E-state index in [1.54, 1.807) is 7.11 Å². The van der Waals surface area contributed by atoms with Crippen LogP contribution in [0.4, 0.5) is 11.4 Å². The Morgan fingerprint density at radius 1 is 1.11 bits per heavy atom. The molecule has 0 bridgehead atoms. The average molecular weight is 256 g/mol. The molecule has 100 valence electrons. The minimum atomic E-state index is 0.684. The van der Waals surface area contributed by atoms with Gasteiger partial charge in [-0.25, -0.2) is 0 Å². The lowest BCUT2D eigenvalue weighted by molar-refractivity contribution is 0.417. The van der Waals surface area contributed by atoms with E-state index in [2.05, 4.69) is 42.2 Å². The van der Waals surface area contributed by atoms with E-state index >= 15 is 0 Å². The number of para-hydroxylation sites is 1. The largest absolute Gasteiger partial charge is 0.495 e. The summed E-state index contributed by atoms with van der Waals surface area (Å²) in [5, 5.41) is 0. The molecule has 0 fully saturated rings. The van der Waals surface area contributed by atoms with E-state index in [4.69, 9.17) is 10.5 Å². The predicted octanol–water partition coefficient (Wildman–Crippen LogP) is 3.30. The number of nitrogens with zero attached hydrogens (tertiary/aromatic N) is 1. The van der Waals surface area contributed by atoms with Crippen molar-refractivity contribution in [2.24, 2.45) is 0 Å². The van der Waals surface area contributed by atoms with E-state index in [9.17, 15) is 0 Å². The summed E-state index contributed by atoms with van der Waals surface area (Å²) in [5.74, 6) is 0.728. The molecule has 0 heterocycles. The lowest BCUT2D eigenvalue weighted by Crippen LogP contribution is -2.21. The Morgan fingerprint density at radius 3 is 2.42 bits per heavy atom. The first kappa shape index (κ1) is 13.3. The molecular weight excluding hydrogens is 236 g/mol. The SMILES string of the molecule is CCN(Cc1ccc(OC)c(N)c1)c1ccccc1. The van der Waals surface area contributed by atoms with E-state index in [-0.39, 0.29) is 0 Å². The minimum Gasteiger partial charge on any atom is -0.495 e. The number of nitrogens with two attached hydrogens (primary N) is 1. The lowest BCUT2D eigenvalue weighted by atomic mass is 10.1. The summed E-state index contributed by atoms with van der Waals surface area (Å²) in [7, 11) is 1.63. The summed E-state index contributed by atoms with van der Waals surface area (Å²) in [4.78, 5) is 2.31. The number of benzene rings is 2. The Kier molecular flexibility index (Phi) is 4.29. The molecule has 0 aliphatic heterocycles. The zero-order valence-electron chi connectivity index (χ0n) is 11.5. The maximum atomic E-state index is 5.94. The summed E-state index contributed by atoms with van der Waals surface area (Å²) in [6.07, 6.45) is 0. The van der Waals surface area contributed by atoms with Gasteiger partial charge in [-0.1, -0.05) is 24.3 Å². The number of rotatable bonds is 5. The van der Waals surface area contributed by atoms with Gasteiger partial charge in [0.1, 0.15) is 5.75 Å². The van der Waals surface area contributed by atoms with Gasteiger partial charge in [-0.05, 0) is 36.8 Å². The summed E-state index contributed by atoms with van der Waals surface area (Å²) in [5.41, 5.74) is 9.03. The van der Waals surface area contributed by atoms with Crippen molar-refractivity contribution >= 4 is 11.4 Å². The lowest BCUT2D eigenvalue weighted by Gasteiger charge is -2.23. The first-order valence-electron chi connectivity index (χ1n) is 6.47. The molecule has 0 atom stereocenters. The highest BCUT2D eigenvalue weighted by Gasteiger charge is 2.06. The Balaban J connectivity index is 2.17. The molecule has 2 aromatic carbocycles. The maximum absolute atomic E-state index is 5.94. The second-order valence-corrected chi connectivity index (χ2v) is 4.43. The monoisotopic (exact) mass is 256 g/mol. The molecule has 3 heteroatoms. The second kappa shape index (κ2) is 6.14. The second-order valence-electron chi connectivity index (χ2n) is 4.43. The fraction of sp³-hybridized carbons (Fsp3) is 0.250. The van der Waals surface area contributed by atoms with Crippen molar-refractivity contribution < 1.29 is 4.74 Å². The molecule has 0 aromatic heterocycles. The number of anilines is 2. The van der Waals surface area contributed by atoms with Crippen molar-refractivity contribution in [3.63, 3.8) is 0 Å². The molecule has 0 saturated carbocycles. The average Bonchev–Trinajstić information content (AvgIpc) is 2.46. The molecule has 2 rings (SSSR count). The smallest absolute Gasteiger partial charge is 0.141 e. The fourth-order valence-electron chi connectivity index (χ4n) is 2.13. The molecular formula is C16H20N2O. The van der Waals surface area contributed by atoms with Crippen molar-refractivity contribution in [1.29, 1.82) is 0 Å². The third-order valence-electron chi connectivity index (χ3n) is 3.17. The number of hydrogen-bond acceptors (Lipinski definition) is 3. The molecule has 19 heavy (non-hydrogen) atoms. The van der Waals surface area contributed by atoms with Crippen LogP contribution in [0.5, 0.6) is 5.75 Å². The molecule has 0 unspecified atom stereocenters. The van der Waals surface area contributed by atoms with Crippen molar-refractivity contribution in [2.75, 3.05) is 24.3 Å². The van der Waals surface area contributed by atoms with Crippen molar-refractivity contribution in [1.82, 2.24) is 0 Å². The molecule has 2 N–H and O–H groups in total. The fourth-order valence-corrected chi connectivity index (χ4v) is 2.13. The highest BCUT2D eigenvalue weighted by Crippen LogP contribution is 2.24. The zero-order chi connectivity index (χ0) is 13.7. The molecule has 0 spiro atoms. The molecule has 3 nitrogen and oxygen atoms in total. The summed E-state index contributed by atoms with van der Waals surface area (Å²) in [6, 6.07) is 16.3. The van der Waals surface area contributed by atoms with Gasteiger partial charge < -0.3 is 15.4 Å². The van der Waals surface area contributed by atoms with Gasteiger partial charge >= 0.3 is 0 Å². The van der Waals surface area contributed by atoms with Crippen LogP contribution in [-0.2, 0) is 6.54 Å². The van der Waals surface area contributed by atoms with E-state index < -0.39 is 0 Å². The van der Waals surface area contributed by atoms with Gasteiger partial charge in [0.2, 0.25) is 0 Å². The number of ether oxygens (including phenoxy) is 1. The molecule has 0 saturated heterocycles. The highest BCUT2D eigenvalue weighted by atomic mass is 16.5. The van der Waals surface area contributed by atoms with E-state index in [0.29, 0.717) is 5.69 Å². The van der Waals surface area contributed by atoms with Crippen LogP contribution in [0.1, 0.15) is 12.5 Å².